The molecule has 0 radical (unpaired) electrons. The van der Waals surface area contributed by atoms with Gasteiger partial charge in [-0.15, -0.1) is 0 Å². The van der Waals surface area contributed by atoms with Gasteiger partial charge < -0.3 is 4.90 Å². The highest BCUT2D eigenvalue weighted by molar-refractivity contribution is 5.87. The van der Waals surface area contributed by atoms with E-state index in [-0.39, 0.29) is 5.91 Å². The third kappa shape index (κ3) is 3.02. The van der Waals surface area contributed by atoms with Crippen molar-refractivity contribution in [3.8, 4) is 0 Å². The summed E-state index contributed by atoms with van der Waals surface area (Å²) in [6.45, 7) is 3.55. The predicted molar refractivity (Wildman–Crippen MR) is 59.0 cm³/mol. The fourth-order valence-electron chi connectivity index (χ4n) is 1.92. The number of nitrogens with zero attached hydrogens (tertiary/aromatic N) is 1. The van der Waals surface area contributed by atoms with Crippen molar-refractivity contribution < 1.29 is 4.79 Å². The Balaban J connectivity index is 2.45. The minimum Gasteiger partial charge on any atom is -0.339 e. The largest absolute Gasteiger partial charge is 0.339 e. The number of carbonyl (C=O) groups excluding carboxylic acids is 1. The summed E-state index contributed by atoms with van der Waals surface area (Å²) in [5.41, 5.74) is 0. The first-order valence-electron chi connectivity index (χ1n) is 5.31. The molecular weight excluding hydrogens is 174 g/mol. The summed E-state index contributed by atoms with van der Waals surface area (Å²) in [7, 11) is 1.89. The number of amides is 1. The average molecular weight is 193 g/mol. The molecule has 0 unspecified atom stereocenters. The lowest BCUT2D eigenvalue weighted by atomic mass is 9.94. The van der Waals surface area contributed by atoms with Crippen LogP contribution in [-0.2, 0) is 4.79 Å². The van der Waals surface area contributed by atoms with Gasteiger partial charge in [0.15, 0.2) is 0 Å². The standard InChI is InChI=1S/C12H19NO/c1-3-4-10-12(14)13(2)11-8-6-5-7-9-11/h3-4,10-11H,1,5-9H2,2H3/b10-4-. The molecule has 0 bridgehead atoms. The Morgan fingerprint density at radius 2 is 2.00 bits per heavy atom. The van der Waals surface area contributed by atoms with E-state index in [1.165, 1.54) is 19.3 Å². The molecule has 0 saturated heterocycles. The predicted octanol–water partition coefficient (Wildman–Crippen LogP) is 2.52. The van der Waals surface area contributed by atoms with Gasteiger partial charge in [0.25, 0.3) is 0 Å². The third-order valence-corrected chi connectivity index (χ3v) is 2.84. The topological polar surface area (TPSA) is 20.3 Å². The van der Waals surface area contributed by atoms with E-state index in [4.69, 9.17) is 0 Å². The molecule has 78 valence electrons. The smallest absolute Gasteiger partial charge is 0.246 e. The van der Waals surface area contributed by atoms with Gasteiger partial charge >= 0.3 is 0 Å². The molecule has 0 aromatic carbocycles. The quantitative estimate of drug-likeness (QED) is 0.498. The summed E-state index contributed by atoms with van der Waals surface area (Å²) < 4.78 is 0. The van der Waals surface area contributed by atoms with Gasteiger partial charge in [0, 0.05) is 19.2 Å². The highest BCUT2D eigenvalue weighted by Crippen LogP contribution is 2.21. The number of rotatable bonds is 3. The van der Waals surface area contributed by atoms with Crippen LogP contribution in [0.25, 0.3) is 0 Å². The van der Waals surface area contributed by atoms with Crippen LogP contribution in [0.3, 0.4) is 0 Å². The van der Waals surface area contributed by atoms with E-state index < -0.39 is 0 Å². The molecule has 0 atom stereocenters. The molecule has 0 N–H and O–H groups in total. The molecule has 0 heterocycles. The molecule has 0 aromatic rings. The van der Waals surface area contributed by atoms with Crippen LogP contribution in [0, 0.1) is 0 Å². The second kappa shape index (κ2) is 5.63. The van der Waals surface area contributed by atoms with Gasteiger partial charge in [-0.1, -0.05) is 38.0 Å². The van der Waals surface area contributed by atoms with Crippen molar-refractivity contribution >= 4 is 5.91 Å². The Morgan fingerprint density at radius 1 is 1.36 bits per heavy atom. The first kappa shape index (κ1) is 11.0. The Morgan fingerprint density at radius 3 is 2.57 bits per heavy atom. The molecule has 1 aliphatic rings. The van der Waals surface area contributed by atoms with Gasteiger partial charge in [0.1, 0.15) is 0 Å². The highest BCUT2D eigenvalue weighted by Gasteiger charge is 2.20. The van der Waals surface area contributed by atoms with E-state index in [1.54, 1.807) is 18.2 Å². The van der Waals surface area contributed by atoms with Gasteiger partial charge in [-0.05, 0) is 12.8 Å². The van der Waals surface area contributed by atoms with Crippen LogP contribution in [-0.4, -0.2) is 23.9 Å². The Labute approximate surface area is 86.3 Å². The van der Waals surface area contributed by atoms with Crippen molar-refractivity contribution in [1.82, 2.24) is 4.90 Å². The normalized spacial score (nSPS) is 18.4. The van der Waals surface area contributed by atoms with Crippen LogP contribution in [0.15, 0.2) is 24.8 Å². The zero-order valence-corrected chi connectivity index (χ0v) is 8.91. The van der Waals surface area contributed by atoms with Crippen LogP contribution < -0.4 is 0 Å². The summed E-state index contributed by atoms with van der Waals surface area (Å²) >= 11 is 0. The van der Waals surface area contributed by atoms with E-state index >= 15 is 0 Å². The molecule has 1 saturated carbocycles. The lowest BCUT2D eigenvalue weighted by Gasteiger charge is -2.30. The zero-order valence-electron chi connectivity index (χ0n) is 8.91. The van der Waals surface area contributed by atoms with Crippen molar-refractivity contribution in [2.45, 2.75) is 38.1 Å². The summed E-state index contributed by atoms with van der Waals surface area (Å²) in [4.78, 5) is 13.5. The minimum atomic E-state index is 0.0943. The highest BCUT2D eigenvalue weighted by atomic mass is 16.2. The van der Waals surface area contributed by atoms with E-state index in [0.29, 0.717) is 6.04 Å². The Bertz CT molecular complexity index is 226. The summed E-state index contributed by atoms with van der Waals surface area (Å²) in [5.74, 6) is 0.0943. The van der Waals surface area contributed by atoms with Gasteiger partial charge in [0.05, 0.1) is 0 Å². The van der Waals surface area contributed by atoms with Crippen LogP contribution in [0.4, 0.5) is 0 Å². The zero-order chi connectivity index (χ0) is 10.4. The van der Waals surface area contributed by atoms with Crippen molar-refractivity contribution in [2.24, 2.45) is 0 Å². The fourth-order valence-corrected chi connectivity index (χ4v) is 1.92. The lowest BCUT2D eigenvalue weighted by molar-refractivity contribution is -0.127. The van der Waals surface area contributed by atoms with E-state index in [0.717, 1.165) is 12.8 Å². The third-order valence-electron chi connectivity index (χ3n) is 2.84. The minimum absolute atomic E-state index is 0.0943. The number of carbonyl (C=O) groups is 1. The number of hydrogen-bond acceptors (Lipinski definition) is 1. The SMILES string of the molecule is C=C/C=C\C(=O)N(C)C1CCCCC1. The Kier molecular flexibility index (Phi) is 4.44. The van der Waals surface area contributed by atoms with Gasteiger partial charge in [-0.2, -0.15) is 0 Å². The molecule has 1 amide bonds. The monoisotopic (exact) mass is 193 g/mol. The fraction of sp³-hybridized carbons (Fsp3) is 0.583. The molecule has 1 aliphatic carbocycles. The van der Waals surface area contributed by atoms with Crippen molar-refractivity contribution in [2.75, 3.05) is 7.05 Å². The van der Waals surface area contributed by atoms with Gasteiger partial charge in [-0.25, -0.2) is 0 Å². The van der Waals surface area contributed by atoms with Crippen LogP contribution in [0.5, 0.6) is 0 Å². The molecule has 0 aromatic heterocycles. The number of hydrogen-bond donors (Lipinski definition) is 0. The van der Waals surface area contributed by atoms with Gasteiger partial charge in [0.2, 0.25) is 5.91 Å². The van der Waals surface area contributed by atoms with Gasteiger partial charge in [-0.3, -0.25) is 4.79 Å². The molecule has 1 fully saturated rings. The van der Waals surface area contributed by atoms with E-state index in [1.807, 2.05) is 11.9 Å². The Hall–Kier alpha value is -1.05. The summed E-state index contributed by atoms with van der Waals surface area (Å²) in [6.07, 6.45) is 11.1. The first-order valence-corrected chi connectivity index (χ1v) is 5.31. The molecule has 2 heteroatoms. The van der Waals surface area contributed by atoms with Crippen molar-refractivity contribution in [1.29, 1.82) is 0 Å². The van der Waals surface area contributed by atoms with E-state index in [2.05, 4.69) is 6.58 Å². The van der Waals surface area contributed by atoms with Crippen LogP contribution in [0.1, 0.15) is 32.1 Å². The number of likely N-dealkylation sites (N-methyl/N-ethyl adjacent to an activating group) is 1. The van der Waals surface area contributed by atoms with Crippen molar-refractivity contribution in [3.05, 3.63) is 24.8 Å². The van der Waals surface area contributed by atoms with Crippen molar-refractivity contribution in [3.63, 3.8) is 0 Å². The second-order valence-corrected chi connectivity index (χ2v) is 3.84. The number of allylic oxidation sites excluding steroid dienone is 2. The van der Waals surface area contributed by atoms with Crippen LogP contribution >= 0.6 is 0 Å². The molecular formula is C12H19NO. The average Bonchev–Trinajstić information content (AvgIpc) is 2.26. The van der Waals surface area contributed by atoms with E-state index in [9.17, 15) is 4.79 Å². The lowest BCUT2D eigenvalue weighted by Crippen LogP contribution is -2.37. The summed E-state index contributed by atoms with van der Waals surface area (Å²) in [6, 6.07) is 0.450. The maximum Gasteiger partial charge on any atom is 0.246 e. The molecule has 14 heavy (non-hydrogen) atoms. The maximum atomic E-state index is 11.6. The molecule has 2 nitrogen and oxygen atoms in total. The molecule has 1 rings (SSSR count). The maximum absolute atomic E-state index is 11.6. The second-order valence-electron chi connectivity index (χ2n) is 3.84. The molecule has 0 spiro atoms. The molecule has 0 aliphatic heterocycles. The summed E-state index contributed by atoms with van der Waals surface area (Å²) in [5, 5.41) is 0. The first-order chi connectivity index (χ1) is 6.75. The van der Waals surface area contributed by atoms with Crippen LogP contribution in [0.2, 0.25) is 0 Å².